The van der Waals surface area contributed by atoms with Crippen molar-refractivity contribution >= 4 is 5.97 Å². The highest BCUT2D eigenvalue weighted by molar-refractivity contribution is 5.77. The lowest BCUT2D eigenvalue weighted by Crippen LogP contribution is -2.16. The minimum absolute atomic E-state index is 0.0187. The SMILES string of the molecule is CCOc1ccc(C(Cc2cccc(OC)c2O)C(=O)O)c(C)c1. The van der Waals surface area contributed by atoms with Crippen LogP contribution in [0.5, 0.6) is 17.2 Å². The molecular weight excluding hydrogens is 308 g/mol. The minimum atomic E-state index is -0.940. The molecule has 1 atom stereocenters. The zero-order valence-corrected chi connectivity index (χ0v) is 14.1. The number of para-hydroxylation sites is 1. The van der Waals surface area contributed by atoms with Gasteiger partial charge in [-0.3, -0.25) is 4.79 Å². The first-order valence-corrected chi connectivity index (χ1v) is 7.78. The maximum atomic E-state index is 11.8. The van der Waals surface area contributed by atoms with E-state index in [4.69, 9.17) is 9.47 Å². The summed E-state index contributed by atoms with van der Waals surface area (Å²) in [7, 11) is 1.46. The molecular formula is C19H22O5. The number of ether oxygens (including phenoxy) is 2. The number of aliphatic carboxylic acids is 1. The first-order chi connectivity index (χ1) is 11.5. The zero-order valence-electron chi connectivity index (χ0n) is 14.1. The Balaban J connectivity index is 2.36. The standard InChI is InChI=1S/C19H22O5/c1-4-24-14-8-9-15(12(2)10-14)16(19(21)22)11-13-6-5-7-17(23-3)18(13)20/h5-10,16,20H,4,11H2,1-3H3,(H,21,22). The summed E-state index contributed by atoms with van der Waals surface area (Å²) in [5.41, 5.74) is 2.08. The number of methoxy groups -OCH3 is 1. The lowest BCUT2D eigenvalue weighted by Gasteiger charge is -2.18. The molecule has 0 radical (unpaired) electrons. The molecule has 0 saturated carbocycles. The summed E-state index contributed by atoms with van der Waals surface area (Å²) in [4.78, 5) is 11.8. The van der Waals surface area contributed by atoms with E-state index in [0.29, 0.717) is 29.2 Å². The maximum Gasteiger partial charge on any atom is 0.311 e. The molecule has 0 aliphatic carbocycles. The molecule has 2 aromatic carbocycles. The van der Waals surface area contributed by atoms with Crippen molar-refractivity contribution < 1.29 is 24.5 Å². The maximum absolute atomic E-state index is 11.8. The third-order valence-electron chi connectivity index (χ3n) is 3.95. The Labute approximate surface area is 141 Å². The second-order valence-corrected chi connectivity index (χ2v) is 5.51. The number of phenolic OH excluding ortho intramolecular Hbond substituents is 1. The molecule has 0 amide bonds. The Morgan fingerprint density at radius 2 is 2.00 bits per heavy atom. The molecule has 2 N–H and O–H groups in total. The predicted molar refractivity (Wildman–Crippen MR) is 91.1 cm³/mol. The number of phenols is 1. The average Bonchev–Trinajstić information content (AvgIpc) is 2.55. The van der Waals surface area contributed by atoms with Crippen LogP contribution in [0.2, 0.25) is 0 Å². The zero-order chi connectivity index (χ0) is 17.7. The van der Waals surface area contributed by atoms with E-state index < -0.39 is 11.9 Å². The number of carboxylic acids is 1. The van der Waals surface area contributed by atoms with Gasteiger partial charge in [-0.05, 0) is 55.2 Å². The van der Waals surface area contributed by atoms with E-state index in [-0.39, 0.29) is 12.2 Å². The number of rotatable bonds is 7. The topological polar surface area (TPSA) is 76.0 Å². The van der Waals surface area contributed by atoms with Gasteiger partial charge in [-0.25, -0.2) is 0 Å². The van der Waals surface area contributed by atoms with Gasteiger partial charge in [0.1, 0.15) is 5.75 Å². The molecule has 24 heavy (non-hydrogen) atoms. The van der Waals surface area contributed by atoms with E-state index in [0.717, 1.165) is 5.56 Å². The molecule has 2 rings (SSSR count). The van der Waals surface area contributed by atoms with Gasteiger partial charge in [0.05, 0.1) is 19.6 Å². The lowest BCUT2D eigenvalue weighted by molar-refractivity contribution is -0.138. The van der Waals surface area contributed by atoms with Crippen LogP contribution in [0.4, 0.5) is 0 Å². The normalized spacial score (nSPS) is 11.8. The van der Waals surface area contributed by atoms with Gasteiger partial charge in [-0.1, -0.05) is 18.2 Å². The van der Waals surface area contributed by atoms with E-state index in [1.165, 1.54) is 7.11 Å². The second kappa shape index (κ2) is 7.73. The highest BCUT2D eigenvalue weighted by Crippen LogP contribution is 2.34. The van der Waals surface area contributed by atoms with Crippen LogP contribution in [0, 0.1) is 6.92 Å². The first-order valence-electron chi connectivity index (χ1n) is 7.78. The van der Waals surface area contributed by atoms with Crippen LogP contribution >= 0.6 is 0 Å². The van der Waals surface area contributed by atoms with Gasteiger partial charge in [0, 0.05) is 0 Å². The lowest BCUT2D eigenvalue weighted by atomic mass is 9.88. The molecule has 128 valence electrons. The molecule has 0 aromatic heterocycles. The van der Waals surface area contributed by atoms with Crippen LogP contribution in [0.1, 0.15) is 29.5 Å². The van der Waals surface area contributed by atoms with Crippen molar-refractivity contribution in [3.63, 3.8) is 0 Å². The van der Waals surface area contributed by atoms with Gasteiger partial charge in [0.25, 0.3) is 0 Å². The van der Waals surface area contributed by atoms with Crippen molar-refractivity contribution in [1.29, 1.82) is 0 Å². The van der Waals surface area contributed by atoms with E-state index in [1.54, 1.807) is 30.3 Å². The molecule has 0 aliphatic rings. The van der Waals surface area contributed by atoms with E-state index in [1.807, 2.05) is 19.9 Å². The van der Waals surface area contributed by atoms with Crippen LogP contribution in [0.3, 0.4) is 0 Å². The molecule has 5 heteroatoms. The van der Waals surface area contributed by atoms with Gasteiger partial charge < -0.3 is 19.7 Å². The number of aromatic hydroxyl groups is 1. The third kappa shape index (κ3) is 3.79. The molecule has 0 fully saturated rings. The smallest absolute Gasteiger partial charge is 0.311 e. The van der Waals surface area contributed by atoms with Crippen molar-refractivity contribution in [1.82, 2.24) is 0 Å². The van der Waals surface area contributed by atoms with Gasteiger partial charge in [0.2, 0.25) is 0 Å². The highest BCUT2D eigenvalue weighted by Gasteiger charge is 2.24. The fourth-order valence-corrected chi connectivity index (χ4v) is 2.74. The number of carbonyl (C=O) groups is 1. The molecule has 0 aliphatic heterocycles. The summed E-state index contributed by atoms with van der Waals surface area (Å²) in [6.45, 7) is 4.31. The monoisotopic (exact) mass is 330 g/mol. The Morgan fingerprint density at radius 1 is 1.25 bits per heavy atom. The van der Waals surface area contributed by atoms with Crippen LogP contribution in [-0.4, -0.2) is 29.9 Å². The van der Waals surface area contributed by atoms with Gasteiger partial charge >= 0.3 is 5.97 Å². The molecule has 2 aromatic rings. The third-order valence-corrected chi connectivity index (χ3v) is 3.95. The van der Waals surface area contributed by atoms with E-state index in [9.17, 15) is 15.0 Å². The van der Waals surface area contributed by atoms with Crippen molar-refractivity contribution in [2.24, 2.45) is 0 Å². The Bertz CT molecular complexity index is 724. The average molecular weight is 330 g/mol. The summed E-state index contributed by atoms with van der Waals surface area (Å²) in [5.74, 6) is -0.676. The van der Waals surface area contributed by atoms with Crippen LogP contribution < -0.4 is 9.47 Å². The van der Waals surface area contributed by atoms with Crippen molar-refractivity contribution in [3.05, 3.63) is 53.1 Å². The quantitative estimate of drug-likeness (QED) is 0.812. The Kier molecular flexibility index (Phi) is 5.68. The summed E-state index contributed by atoms with van der Waals surface area (Å²) in [6, 6.07) is 10.5. The molecule has 1 unspecified atom stereocenters. The van der Waals surface area contributed by atoms with Gasteiger partial charge in [-0.2, -0.15) is 0 Å². The first kappa shape index (κ1) is 17.7. The summed E-state index contributed by atoms with van der Waals surface area (Å²) in [5, 5.41) is 19.9. The largest absolute Gasteiger partial charge is 0.504 e. The molecule has 5 nitrogen and oxygen atoms in total. The molecule has 0 saturated heterocycles. The van der Waals surface area contributed by atoms with Crippen LogP contribution in [0.25, 0.3) is 0 Å². The second-order valence-electron chi connectivity index (χ2n) is 5.51. The molecule has 0 spiro atoms. The van der Waals surface area contributed by atoms with E-state index in [2.05, 4.69) is 0 Å². The van der Waals surface area contributed by atoms with Gasteiger partial charge in [0.15, 0.2) is 11.5 Å². The number of carboxylic acid groups (broad SMARTS) is 1. The molecule has 0 bridgehead atoms. The number of hydrogen-bond acceptors (Lipinski definition) is 4. The molecule has 0 heterocycles. The summed E-state index contributed by atoms with van der Waals surface area (Å²) < 4.78 is 10.5. The van der Waals surface area contributed by atoms with E-state index >= 15 is 0 Å². The van der Waals surface area contributed by atoms with Crippen molar-refractivity contribution in [2.75, 3.05) is 13.7 Å². The van der Waals surface area contributed by atoms with Crippen molar-refractivity contribution in [2.45, 2.75) is 26.2 Å². The fourth-order valence-electron chi connectivity index (χ4n) is 2.74. The number of hydrogen-bond donors (Lipinski definition) is 2. The Hall–Kier alpha value is -2.69. The Morgan fingerprint density at radius 3 is 2.58 bits per heavy atom. The summed E-state index contributed by atoms with van der Waals surface area (Å²) in [6.07, 6.45) is 0.174. The van der Waals surface area contributed by atoms with Gasteiger partial charge in [-0.15, -0.1) is 0 Å². The number of benzene rings is 2. The van der Waals surface area contributed by atoms with Crippen LogP contribution in [0.15, 0.2) is 36.4 Å². The fraction of sp³-hybridized carbons (Fsp3) is 0.316. The minimum Gasteiger partial charge on any atom is -0.504 e. The predicted octanol–water partition coefficient (Wildman–Crippen LogP) is 3.52. The number of aryl methyl sites for hydroxylation is 1. The summed E-state index contributed by atoms with van der Waals surface area (Å²) >= 11 is 0. The highest BCUT2D eigenvalue weighted by atomic mass is 16.5. The van der Waals surface area contributed by atoms with Crippen molar-refractivity contribution in [3.8, 4) is 17.2 Å². The van der Waals surface area contributed by atoms with Crippen LogP contribution in [-0.2, 0) is 11.2 Å².